The van der Waals surface area contributed by atoms with Gasteiger partial charge in [0.15, 0.2) is 0 Å². The number of fused-ring (bicyclic) bond motifs is 3. The Balaban J connectivity index is 2.40. The molecule has 86 valence electrons. The highest BCUT2D eigenvalue weighted by Crippen LogP contribution is 2.49. The van der Waals surface area contributed by atoms with Gasteiger partial charge >= 0.3 is 0 Å². The number of nitrogens with two attached hydrogens (primary N) is 1. The molecule has 0 radical (unpaired) electrons. The van der Waals surface area contributed by atoms with Crippen LogP contribution in [0, 0.1) is 6.92 Å². The molecule has 0 fully saturated rings. The summed E-state index contributed by atoms with van der Waals surface area (Å²) in [6, 6.07) is 13.0. The van der Waals surface area contributed by atoms with Gasteiger partial charge in [0, 0.05) is 11.1 Å². The minimum absolute atomic E-state index is 0.0877. The lowest BCUT2D eigenvalue weighted by atomic mass is 9.82. The van der Waals surface area contributed by atoms with Gasteiger partial charge in [0.05, 0.1) is 0 Å². The van der Waals surface area contributed by atoms with Crippen LogP contribution < -0.4 is 5.73 Å². The van der Waals surface area contributed by atoms with Crippen molar-refractivity contribution in [3.63, 3.8) is 0 Å². The maximum Gasteiger partial charge on any atom is 0.0350 e. The quantitative estimate of drug-likeness (QED) is 0.674. The first-order valence-corrected chi connectivity index (χ1v) is 6.02. The Kier molecular flexibility index (Phi) is 1.91. The van der Waals surface area contributed by atoms with Crippen LogP contribution in [-0.2, 0) is 5.41 Å². The average Bonchev–Trinajstić information content (AvgIpc) is 2.51. The molecule has 3 rings (SSSR count). The second-order valence-electron chi connectivity index (χ2n) is 5.42. The van der Waals surface area contributed by atoms with E-state index in [2.05, 4.69) is 57.2 Å². The minimum Gasteiger partial charge on any atom is -0.398 e. The van der Waals surface area contributed by atoms with Crippen molar-refractivity contribution in [2.24, 2.45) is 0 Å². The molecule has 0 aromatic heterocycles. The van der Waals surface area contributed by atoms with Crippen LogP contribution in [-0.4, -0.2) is 0 Å². The summed E-state index contributed by atoms with van der Waals surface area (Å²) in [5.41, 5.74) is 13.6. The van der Waals surface area contributed by atoms with Gasteiger partial charge in [-0.3, -0.25) is 0 Å². The van der Waals surface area contributed by atoms with Crippen molar-refractivity contribution >= 4 is 5.69 Å². The molecule has 0 saturated carbocycles. The molecule has 0 heterocycles. The molecule has 0 atom stereocenters. The zero-order chi connectivity index (χ0) is 12.2. The molecule has 0 amide bonds. The molecule has 2 aromatic carbocycles. The van der Waals surface area contributed by atoms with Crippen molar-refractivity contribution in [3.8, 4) is 11.1 Å². The standard InChI is InChI=1S/C16H17N/c1-10-8-14-12(9-15(10)17)11-6-4-5-7-13(11)16(14,2)3/h4-9H,17H2,1-3H3. The summed E-state index contributed by atoms with van der Waals surface area (Å²) in [5.74, 6) is 0. The number of anilines is 1. The lowest BCUT2D eigenvalue weighted by Gasteiger charge is -2.21. The van der Waals surface area contributed by atoms with Crippen molar-refractivity contribution in [2.45, 2.75) is 26.2 Å². The zero-order valence-corrected chi connectivity index (χ0v) is 10.5. The van der Waals surface area contributed by atoms with Gasteiger partial charge in [-0.05, 0) is 40.8 Å². The molecule has 2 aromatic rings. The summed E-state index contributed by atoms with van der Waals surface area (Å²) in [4.78, 5) is 0. The zero-order valence-electron chi connectivity index (χ0n) is 10.5. The van der Waals surface area contributed by atoms with E-state index in [0.29, 0.717) is 0 Å². The van der Waals surface area contributed by atoms with E-state index >= 15 is 0 Å². The van der Waals surface area contributed by atoms with Crippen LogP contribution in [0.5, 0.6) is 0 Å². The Morgan fingerprint density at radius 2 is 1.65 bits per heavy atom. The van der Waals surface area contributed by atoms with Gasteiger partial charge in [0.25, 0.3) is 0 Å². The third-order valence-corrected chi connectivity index (χ3v) is 3.97. The Hall–Kier alpha value is -1.76. The minimum atomic E-state index is 0.0877. The lowest BCUT2D eigenvalue weighted by molar-refractivity contribution is 0.660. The average molecular weight is 223 g/mol. The van der Waals surface area contributed by atoms with E-state index in [4.69, 9.17) is 5.73 Å². The number of benzene rings is 2. The maximum absolute atomic E-state index is 6.04. The molecule has 2 N–H and O–H groups in total. The third kappa shape index (κ3) is 1.25. The normalized spacial score (nSPS) is 15.5. The van der Waals surface area contributed by atoms with Crippen LogP contribution >= 0.6 is 0 Å². The van der Waals surface area contributed by atoms with Gasteiger partial charge in [-0.2, -0.15) is 0 Å². The largest absolute Gasteiger partial charge is 0.398 e. The first-order valence-electron chi connectivity index (χ1n) is 6.02. The number of hydrogen-bond acceptors (Lipinski definition) is 1. The third-order valence-electron chi connectivity index (χ3n) is 3.97. The molecule has 0 saturated heterocycles. The SMILES string of the molecule is Cc1cc2c(cc1N)-c1ccccc1C2(C)C. The number of hydrogen-bond donors (Lipinski definition) is 1. The summed E-state index contributed by atoms with van der Waals surface area (Å²) in [5, 5.41) is 0. The number of nitrogen functional groups attached to an aromatic ring is 1. The van der Waals surface area contributed by atoms with E-state index in [1.54, 1.807) is 0 Å². The molecule has 0 spiro atoms. The molecule has 1 heteroatoms. The van der Waals surface area contributed by atoms with Crippen molar-refractivity contribution in [3.05, 3.63) is 53.1 Å². The highest BCUT2D eigenvalue weighted by molar-refractivity contribution is 5.83. The second kappa shape index (κ2) is 3.13. The molecule has 17 heavy (non-hydrogen) atoms. The molecular formula is C16H17N. The van der Waals surface area contributed by atoms with Crippen LogP contribution in [0.4, 0.5) is 5.69 Å². The molecule has 1 aliphatic rings. The summed E-state index contributed by atoms with van der Waals surface area (Å²) >= 11 is 0. The van der Waals surface area contributed by atoms with E-state index in [0.717, 1.165) is 5.69 Å². The molecule has 1 nitrogen and oxygen atoms in total. The van der Waals surface area contributed by atoms with Gasteiger partial charge < -0.3 is 5.73 Å². The fourth-order valence-corrected chi connectivity index (χ4v) is 2.87. The molecular weight excluding hydrogens is 206 g/mol. The summed E-state index contributed by atoms with van der Waals surface area (Å²) in [6.45, 7) is 6.65. The Labute approximate surface area is 102 Å². The van der Waals surface area contributed by atoms with Gasteiger partial charge in [-0.15, -0.1) is 0 Å². The smallest absolute Gasteiger partial charge is 0.0350 e. The van der Waals surface area contributed by atoms with Crippen molar-refractivity contribution < 1.29 is 0 Å². The Bertz CT molecular complexity index is 609. The second-order valence-corrected chi connectivity index (χ2v) is 5.42. The van der Waals surface area contributed by atoms with E-state index in [9.17, 15) is 0 Å². The van der Waals surface area contributed by atoms with Gasteiger partial charge in [0.1, 0.15) is 0 Å². The van der Waals surface area contributed by atoms with E-state index < -0.39 is 0 Å². The summed E-state index contributed by atoms with van der Waals surface area (Å²) in [7, 11) is 0. The topological polar surface area (TPSA) is 26.0 Å². The van der Waals surface area contributed by atoms with Crippen LogP contribution in [0.1, 0.15) is 30.5 Å². The van der Waals surface area contributed by atoms with Crippen LogP contribution in [0.3, 0.4) is 0 Å². The molecule has 0 aliphatic heterocycles. The van der Waals surface area contributed by atoms with E-state index in [1.807, 2.05) is 0 Å². The fourth-order valence-electron chi connectivity index (χ4n) is 2.87. The van der Waals surface area contributed by atoms with Crippen molar-refractivity contribution in [1.82, 2.24) is 0 Å². The number of aryl methyl sites for hydroxylation is 1. The van der Waals surface area contributed by atoms with Gasteiger partial charge in [0.2, 0.25) is 0 Å². The highest BCUT2D eigenvalue weighted by Gasteiger charge is 2.35. The Morgan fingerprint density at radius 3 is 2.41 bits per heavy atom. The molecule has 1 aliphatic carbocycles. The van der Waals surface area contributed by atoms with Crippen LogP contribution in [0.15, 0.2) is 36.4 Å². The van der Waals surface area contributed by atoms with Crippen molar-refractivity contribution in [2.75, 3.05) is 5.73 Å². The predicted octanol–water partition coefficient (Wildman–Crippen LogP) is 3.88. The first-order chi connectivity index (χ1) is 8.01. The van der Waals surface area contributed by atoms with E-state index in [-0.39, 0.29) is 5.41 Å². The van der Waals surface area contributed by atoms with Gasteiger partial charge in [-0.25, -0.2) is 0 Å². The molecule has 0 unspecified atom stereocenters. The lowest BCUT2D eigenvalue weighted by Crippen LogP contribution is -2.15. The summed E-state index contributed by atoms with van der Waals surface area (Å²) in [6.07, 6.45) is 0. The first kappa shape index (κ1) is 10.4. The monoisotopic (exact) mass is 223 g/mol. The van der Waals surface area contributed by atoms with Crippen LogP contribution in [0.2, 0.25) is 0 Å². The van der Waals surface area contributed by atoms with Gasteiger partial charge in [-0.1, -0.05) is 44.2 Å². The number of rotatable bonds is 0. The molecule has 0 bridgehead atoms. The van der Waals surface area contributed by atoms with Crippen molar-refractivity contribution in [1.29, 1.82) is 0 Å². The Morgan fingerprint density at radius 1 is 0.941 bits per heavy atom. The highest BCUT2D eigenvalue weighted by atomic mass is 14.6. The maximum atomic E-state index is 6.04. The predicted molar refractivity (Wildman–Crippen MR) is 73.2 cm³/mol. The summed E-state index contributed by atoms with van der Waals surface area (Å²) < 4.78 is 0. The fraction of sp³-hybridized carbons (Fsp3) is 0.250. The van der Waals surface area contributed by atoms with Crippen LogP contribution in [0.25, 0.3) is 11.1 Å². The van der Waals surface area contributed by atoms with E-state index in [1.165, 1.54) is 27.8 Å².